The van der Waals surface area contributed by atoms with Crippen LogP contribution in [0.1, 0.15) is 74.1 Å². The number of nitrogens with one attached hydrogen (secondary N) is 3. The van der Waals surface area contributed by atoms with E-state index >= 15 is 0 Å². The molecular weight excluding hydrogens is 318 g/mol. The minimum Gasteiger partial charge on any atom is -0.348 e. The van der Waals surface area contributed by atoms with Crippen LogP contribution in [-0.4, -0.2) is 45.3 Å². The zero-order valence-electron chi connectivity index (χ0n) is 18.0. The highest BCUT2D eigenvalue weighted by molar-refractivity contribution is 5.85. The van der Waals surface area contributed by atoms with Crippen molar-refractivity contribution < 1.29 is 14.4 Å². The van der Waals surface area contributed by atoms with Crippen molar-refractivity contribution in [3.05, 3.63) is 0 Å². The lowest BCUT2D eigenvalue weighted by atomic mass is 9.86. The predicted molar refractivity (Wildman–Crippen MR) is 108 cm³/mol. The smallest absolute Gasteiger partial charge is 0.243 e. The highest BCUT2D eigenvalue weighted by atomic mass is 16.2. The van der Waals surface area contributed by atoms with Gasteiger partial charge >= 0.3 is 0 Å². The summed E-state index contributed by atoms with van der Waals surface area (Å²) in [5, 5.41) is 7.57. The molecule has 0 spiro atoms. The Balaban J connectivity index is -0.000000166. The van der Waals surface area contributed by atoms with Gasteiger partial charge in [0.1, 0.15) is 12.3 Å². The number of unbranched alkanes of at least 4 members (excludes halogenated alkanes) is 3. The zero-order valence-corrected chi connectivity index (χ0v) is 18.0. The first-order chi connectivity index (χ1) is 11.8. The van der Waals surface area contributed by atoms with Crippen LogP contribution in [0.25, 0.3) is 0 Å². The molecular formula is C19H43N3O3. The summed E-state index contributed by atoms with van der Waals surface area (Å²) in [5.74, 6) is -0.350. The standard InChI is InChI=1S/C9H16N2O3.C6H14.C2H7N.C2H6/c1-9(2,3)7(11-6-13)8(14)10-4-5-12;1-3-5-6-4-2;1-3-2;1-2/h5-7H,4H2,1-3H3,(H,10,14)(H,11,13);3-6H2,1-2H3;3H,1-2H3;1-2H3/t7-;;;/m1.../s1. The second kappa shape index (κ2) is 24.8. The second-order valence-electron chi connectivity index (χ2n) is 6.20. The molecule has 0 heterocycles. The van der Waals surface area contributed by atoms with Crippen LogP contribution in [0.15, 0.2) is 0 Å². The molecule has 0 aromatic heterocycles. The maximum absolute atomic E-state index is 11.4. The molecule has 0 unspecified atom stereocenters. The van der Waals surface area contributed by atoms with E-state index in [1.54, 1.807) is 0 Å². The number of aldehydes is 1. The first kappa shape index (κ1) is 31.4. The van der Waals surface area contributed by atoms with E-state index in [-0.39, 0.29) is 17.9 Å². The quantitative estimate of drug-likeness (QED) is 0.458. The fraction of sp³-hybridized carbons (Fsp3) is 0.842. The van der Waals surface area contributed by atoms with Crippen molar-refractivity contribution in [3.8, 4) is 0 Å². The highest BCUT2D eigenvalue weighted by Crippen LogP contribution is 2.18. The minimum absolute atomic E-state index is 0.0358. The summed E-state index contributed by atoms with van der Waals surface area (Å²) in [6.45, 7) is 13.9. The van der Waals surface area contributed by atoms with Crippen LogP contribution in [-0.2, 0) is 14.4 Å². The molecule has 6 nitrogen and oxygen atoms in total. The molecule has 6 heteroatoms. The lowest BCUT2D eigenvalue weighted by Gasteiger charge is -2.28. The van der Waals surface area contributed by atoms with Crippen molar-refractivity contribution in [1.82, 2.24) is 16.0 Å². The van der Waals surface area contributed by atoms with Gasteiger partial charge in [0.2, 0.25) is 12.3 Å². The molecule has 25 heavy (non-hydrogen) atoms. The largest absolute Gasteiger partial charge is 0.348 e. The zero-order chi connectivity index (χ0) is 20.7. The Morgan fingerprint density at radius 1 is 1.00 bits per heavy atom. The summed E-state index contributed by atoms with van der Waals surface area (Å²) in [6, 6.07) is -0.625. The van der Waals surface area contributed by atoms with Crippen LogP contribution in [0.4, 0.5) is 0 Å². The van der Waals surface area contributed by atoms with Gasteiger partial charge in [-0.05, 0) is 19.5 Å². The normalized spacial score (nSPS) is 10.3. The van der Waals surface area contributed by atoms with Gasteiger partial charge in [-0.2, -0.15) is 0 Å². The third-order valence-electron chi connectivity index (χ3n) is 2.68. The number of carbonyl (C=O) groups is 3. The Kier molecular flexibility index (Phi) is 31.1. The maximum atomic E-state index is 11.4. The molecule has 0 bridgehead atoms. The van der Waals surface area contributed by atoms with Gasteiger partial charge in [-0.25, -0.2) is 0 Å². The first-order valence-corrected chi connectivity index (χ1v) is 9.26. The summed E-state index contributed by atoms with van der Waals surface area (Å²) in [5.41, 5.74) is -0.381. The van der Waals surface area contributed by atoms with Gasteiger partial charge < -0.3 is 20.7 Å². The van der Waals surface area contributed by atoms with E-state index in [4.69, 9.17) is 0 Å². The van der Waals surface area contributed by atoms with E-state index in [0.717, 1.165) is 0 Å². The van der Waals surface area contributed by atoms with E-state index in [2.05, 4.69) is 29.8 Å². The predicted octanol–water partition coefficient (Wildman–Crippen LogP) is 2.91. The summed E-state index contributed by atoms with van der Waals surface area (Å²) >= 11 is 0. The number of carbonyl (C=O) groups excluding carboxylic acids is 3. The summed E-state index contributed by atoms with van der Waals surface area (Å²) < 4.78 is 0. The number of amides is 2. The van der Waals surface area contributed by atoms with Crippen LogP contribution in [0, 0.1) is 5.41 Å². The lowest BCUT2D eigenvalue weighted by molar-refractivity contribution is -0.128. The van der Waals surface area contributed by atoms with Crippen molar-refractivity contribution in [2.24, 2.45) is 5.41 Å². The first-order valence-electron chi connectivity index (χ1n) is 9.26. The van der Waals surface area contributed by atoms with E-state index < -0.39 is 6.04 Å². The van der Waals surface area contributed by atoms with Crippen molar-refractivity contribution >= 4 is 18.6 Å². The van der Waals surface area contributed by atoms with E-state index in [1.807, 2.05) is 48.7 Å². The number of rotatable bonds is 8. The Morgan fingerprint density at radius 2 is 1.40 bits per heavy atom. The maximum Gasteiger partial charge on any atom is 0.243 e. The van der Waals surface area contributed by atoms with Gasteiger partial charge in [0, 0.05) is 0 Å². The summed E-state index contributed by atoms with van der Waals surface area (Å²) in [4.78, 5) is 31.8. The molecule has 0 aromatic carbocycles. The molecule has 3 N–H and O–H groups in total. The van der Waals surface area contributed by atoms with Crippen molar-refractivity contribution in [3.63, 3.8) is 0 Å². The van der Waals surface area contributed by atoms with Crippen LogP contribution in [0.5, 0.6) is 0 Å². The average Bonchev–Trinajstić information content (AvgIpc) is 2.57. The van der Waals surface area contributed by atoms with E-state index in [1.165, 1.54) is 25.7 Å². The van der Waals surface area contributed by atoms with Gasteiger partial charge in [0.05, 0.1) is 6.54 Å². The molecule has 0 radical (unpaired) electrons. The molecule has 0 aliphatic carbocycles. The molecule has 0 rings (SSSR count). The number of hydrogen-bond donors (Lipinski definition) is 3. The molecule has 2 amide bonds. The molecule has 0 aliphatic rings. The Bertz CT molecular complexity index is 286. The minimum atomic E-state index is -0.625. The van der Waals surface area contributed by atoms with Gasteiger partial charge in [-0.1, -0.05) is 74.1 Å². The molecule has 0 fully saturated rings. The fourth-order valence-corrected chi connectivity index (χ4v) is 1.53. The van der Waals surface area contributed by atoms with Crippen molar-refractivity contribution in [2.45, 2.75) is 80.2 Å². The molecule has 0 saturated heterocycles. The van der Waals surface area contributed by atoms with Gasteiger partial charge in [-0.3, -0.25) is 9.59 Å². The molecule has 0 aromatic rings. The van der Waals surface area contributed by atoms with Crippen LogP contribution < -0.4 is 16.0 Å². The van der Waals surface area contributed by atoms with Crippen LogP contribution in [0.2, 0.25) is 0 Å². The topological polar surface area (TPSA) is 87.3 Å². The molecule has 1 atom stereocenters. The summed E-state index contributed by atoms with van der Waals surface area (Å²) in [6.07, 6.45) is 6.61. The SMILES string of the molecule is CC.CC(C)(C)[C@H](NC=O)C(=O)NCC=O.CCCCCC.CNC. The van der Waals surface area contributed by atoms with Crippen molar-refractivity contribution in [2.75, 3.05) is 20.6 Å². The Labute approximate surface area is 155 Å². The summed E-state index contributed by atoms with van der Waals surface area (Å²) in [7, 11) is 3.75. The average molecular weight is 362 g/mol. The second-order valence-corrected chi connectivity index (χ2v) is 6.20. The Morgan fingerprint density at radius 3 is 1.64 bits per heavy atom. The molecule has 152 valence electrons. The molecule has 0 aliphatic heterocycles. The van der Waals surface area contributed by atoms with Crippen LogP contribution in [0.3, 0.4) is 0 Å². The Hall–Kier alpha value is -1.43. The van der Waals surface area contributed by atoms with Gasteiger partial charge in [0.15, 0.2) is 0 Å². The van der Waals surface area contributed by atoms with E-state index in [0.29, 0.717) is 12.7 Å². The fourth-order valence-electron chi connectivity index (χ4n) is 1.53. The third kappa shape index (κ3) is 27.7. The van der Waals surface area contributed by atoms with Crippen molar-refractivity contribution in [1.29, 1.82) is 0 Å². The van der Waals surface area contributed by atoms with E-state index in [9.17, 15) is 14.4 Å². The monoisotopic (exact) mass is 361 g/mol. The van der Waals surface area contributed by atoms with Crippen LogP contribution >= 0.6 is 0 Å². The highest BCUT2D eigenvalue weighted by Gasteiger charge is 2.30. The van der Waals surface area contributed by atoms with Gasteiger partial charge in [-0.15, -0.1) is 0 Å². The lowest BCUT2D eigenvalue weighted by Crippen LogP contribution is -2.51. The van der Waals surface area contributed by atoms with Gasteiger partial charge in [0.25, 0.3) is 0 Å². The third-order valence-corrected chi connectivity index (χ3v) is 2.68. The number of hydrogen-bond acceptors (Lipinski definition) is 4. The molecule has 0 saturated carbocycles.